The normalized spacial score (nSPS) is 26.7. The minimum Gasteiger partial charge on any atom is -0.364 e. The van der Waals surface area contributed by atoms with Gasteiger partial charge in [0.25, 0.3) is 5.91 Å². The van der Waals surface area contributed by atoms with Gasteiger partial charge in [0, 0.05) is 19.1 Å². The first-order valence-corrected chi connectivity index (χ1v) is 9.36. The molecule has 3 aliphatic heterocycles. The molecule has 8 nitrogen and oxygen atoms in total. The molecule has 2 amide bonds. The van der Waals surface area contributed by atoms with Crippen molar-refractivity contribution in [2.24, 2.45) is 17.6 Å². The second-order valence-electron chi connectivity index (χ2n) is 7.43. The first-order valence-electron chi connectivity index (χ1n) is 9.36. The first kappa shape index (κ1) is 17.7. The Hall–Kier alpha value is -2.74. The maximum atomic E-state index is 12.7. The minimum absolute atomic E-state index is 0.0376. The third kappa shape index (κ3) is 3.85. The van der Waals surface area contributed by atoms with Crippen molar-refractivity contribution in [3.63, 3.8) is 0 Å². The van der Waals surface area contributed by atoms with Gasteiger partial charge < -0.3 is 11.1 Å². The Labute approximate surface area is 157 Å². The highest BCUT2D eigenvalue weighted by Gasteiger charge is 2.43. The molecule has 1 aromatic heterocycles. The molecule has 2 bridgehead atoms. The molecule has 2 aromatic rings. The molecule has 5 rings (SSSR count). The number of carbonyl (C=O) groups excluding carboxylic acids is 2. The van der Waals surface area contributed by atoms with Crippen LogP contribution in [0.2, 0.25) is 0 Å². The molecule has 27 heavy (non-hydrogen) atoms. The number of hydrogen-bond donors (Lipinski definition) is 2. The molecule has 142 valence electrons. The van der Waals surface area contributed by atoms with Crippen LogP contribution >= 0.6 is 0 Å². The number of rotatable bonds is 6. The molecule has 3 saturated heterocycles. The average Bonchev–Trinajstić information content (AvgIpc) is 3.16. The van der Waals surface area contributed by atoms with Crippen molar-refractivity contribution in [2.75, 3.05) is 13.1 Å². The lowest BCUT2D eigenvalue weighted by molar-refractivity contribution is -0.133. The standard InChI is InChI=1S/C19H24N6O2/c20-18(26)17-12-25(23-22-17)10-15-8-14-6-7-24(15)11-16(14)19(27)21-9-13-4-2-1-3-5-13/h1-5,12,14-16H,6-11H2,(H2,20,26)(H,21,27)/t14-,15+,16+/m0/s1. The maximum absolute atomic E-state index is 12.7. The highest BCUT2D eigenvalue weighted by molar-refractivity contribution is 5.90. The fourth-order valence-electron chi connectivity index (χ4n) is 4.26. The number of piperidine rings is 3. The molecular formula is C19H24N6O2. The predicted molar refractivity (Wildman–Crippen MR) is 98.4 cm³/mol. The molecule has 4 heterocycles. The summed E-state index contributed by atoms with van der Waals surface area (Å²) in [5.41, 5.74) is 6.53. The van der Waals surface area contributed by atoms with Gasteiger partial charge in [-0.25, -0.2) is 0 Å². The van der Waals surface area contributed by atoms with Crippen LogP contribution in [0.25, 0.3) is 0 Å². The van der Waals surface area contributed by atoms with E-state index in [0.29, 0.717) is 25.0 Å². The number of nitrogens with two attached hydrogens (primary N) is 1. The topological polar surface area (TPSA) is 106 Å². The van der Waals surface area contributed by atoms with Crippen molar-refractivity contribution in [1.82, 2.24) is 25.2 Å². The van der Waals surface area contributed by atoms with Crippen molar-refractivity contribution < 1.29 is 9.59 Å². The van der Waals surface area contributed by atoms with E-state index in [2.05, 4.69) is 20.5 Å². The number of amides is 2. The number of hydrogen-bond acceptors (Lipinski definition) is 5. The first-order chi connectivity index (χ1) is 13.1. The predicted octanol–water partition coefficient (Wildman–Crippen LogP) is 0.404. The number of nitrogens with one attached hydrogen (secondary N) is 1. The molecule has 4 atom stereocenters. The van der Waals surface area contributed by atoms with Gasteiger partial charge in [-0.2, -0.15) is 0 Å². The molecule has 1 unspecified atom stereocenters. The van der Waals surface area contributed by atoms with E-state index in [1.54, 1.807) is 10.9 Å². The zero-order valence-corrected chi connectivity index (χ0v) is 15.1. The van der Waals surface area contributed by atoms with Crippen molar-refractivity contribution >= 4 is 11.8 Å². The van der Waals surface area contributed by atoms with E-state index >= 15 is 0 Å². The van der Waals surface area contributed by atoms with Crippen LogP contribution in [0.4, 0.5) is 0 Å². The van der Waals surface area contributed by atoms with Gasteiger partial charge in [-0.1, -0.05) is 35.5 Å². The molecule has 0 spiro atoms. The van der Waals surface area contributed by atoms with Crippen LogP contribution in [0.5, 0.6) is 0 Å². The number of aromatic nitrogens is 3. The zero-order valence-electron chi connectivity index (χ0n) is 15.1. The van der Waals surface area contributed by atoms with Crippen LogP contribution in [0.3, 0.4) is 0 Å². The summed E-state index contributed by atoms with van der Waals surface area (Å²) in [6, 6.07) is 10.3. The van der Waals surface area contributed by atoms with E-state index in [1.165, 1.54) is 0 Å². The number of primary amides is 1. The molecule has 3 aliphatic rings. The summed E-state index contributed by atoms with van der Waals surface area (Å²) in [5.74, 6) is -0.00353. The SMILES string of the molecule is NC(=O)c1cn(C[C@H]2C[C@@H]3CCN2C[C@H]3C(=O)NCc2ccccc2)nn1. The van der Waals surface area contributed by atoms with E-state index in [1.807, 2.05) is 30.3 Å². The van der Waals surface area contributed by atoms with E-state index in [-0.39, 0.29) is 17.5 Å². The molecule has 1 aromatic carbocycles. The number of benzene rings is 1. The van der Waals surface area contributed by atoms with Crippen molar-refractivity contribution in [1.29, 1.82) is 0 Å². The van der Waals surface area contributed by atoms with Crippen molar-refractivity contribution in [3.05, 3.63) is 47.8 Å². The van der Waals surface area contributed by atoms with Gasteiger partial charge in [0.1, 0.15) is 0 Å². The third-order valence-corrected chi connectivity index (χ3v) is 5.71. The van der Waals surface area contributed by atoms with E-state index < -0.39 is 5.91 Å². The van der Waals surface area contributed by atoms with Crippen LogP contribution in [0, 0.1) is 11.8 Å². The Bertz CT molecular complexity index is 821. The van der Waals surface area contributed by atoms with Crippen molar-refractivity contribution in [3.8, 4) is 0 Å². The van der Waals surface area contributed by atoms with E-state index in [4.69, 9.17) is 5.73 Å². The molecule has 0 radical (unpaired) electrons. The highest BCUT2D eigenvalue weighted by Crippen LogP contribution is 2.36. The lowest BCUT2D eigenvalue weighted by Gasteiger charge is -2.49. The smallest absolute Gasteiger partial charge is 0.270 e. The lowest BCUT2D eigenvalue weighted by Crippen LogP contribution is -2.58. The van der Waals surface area contributed by atoms with Gasteiger partial charge in [-0.15, -0.1) is 5.10 Å². The monoisotopic (exact) mass is 368 g/mol. The maximum Gasteiger partial charge on any atom is 0.270 e. The quantitative estimate of drug-likeness (QED) is 0.768. The van der Waals surface area contributed by atoms with Crippen LogP contribution in [-0.4, -0.2) is 50.8 Å². The van der Waals surface area contributed by atoms with Gasteiger partial charge in [0.15, 0.2) is 5.69 Å². The fourth-order valence-corrected chi connectivity index (χ4v) is 4.26. The number of nitrogens with zero attached hydrogens (tertiary/aromatic N) is 4. The summed E-state index contributed by atoms with van der Waals surface area (Å²) in [7, 11) is 0. The van der Waals surface area contributed by atoms with Crippen LogP contribution < -0.4 is 11.1 Å². The molecule has 3 N–H and O–H groups in total. The average molecular weight is 368 g/mol. The Kier molecular flexibility index (Phi) is 4.89. The highest BCUT2D eigenvalue weighted by atomic mass is 16.2. The van der Waals surface area contributed by atoms with Crippen molar-refractivity contribution in [2.45, 2.75) is 32.0 Å². The molecule has 0 saturated carbocycles. The van der Waals surface area contributed by atoms with Crippen LogP contribution in [0.1, 0.15) is 28.9 Å². The van der Waals surface area contributed by atoms with Gasteiger partial charge in [0.2, 0.25) is 5.91 Å². The third-order valence-electron chi connectivity index (χ3n) is 5.71. The molecule has 0 aliphatic carbocycles. The minimum atomic E-state index is -0.568. The van der Waals surface area contributed by atoms with E-state index in [9.17, 15) is 9.59 Å². The van der Waals surface area contributed by atoms with Crippen LogP contribution in [0.15, 0.2) is 36.5 Å². The summed E-state index contributed by atoms with van der Waals surface area (Å²) in [6.07, 6.45) is 3.59. The molecular weight excluding hydrogens is 344 g/mol. The fraction of sp³-hybridized carbons (Fsp3) is 0.474. The second kappa shape index (κ2) is 7.48. The second-order valence-corrected chi connectivity index (χ2v) is 7.43. The molecule has 3 fully saturated rings. The largest absolute Gasteiger partial charge is 0.364 e. The van der Waals surface area contributed by atoms with Gasteiger partial charge >= 0.3 is 0 Å². The Morgan fingerprint density at radius 2 is 2.07 bits per heavy atom. The van der Waals surface area contributed by atoms with E-state index in [0.717, 1.165) is 31.5 Å². The summed E-state index contributed by atoms with van der Waals surface area (Å²) >= 11 is 0. The summed E-state index contributed by atoms with van der Waals surface area (Å²) < 4.78 is 1.68. The zero-order chi connectivity index (χ0) is 18.8. The van der Waals surface area contributed by atoms with Gasteiger partial charge in [-0.05, 0) is 30.9 Å². The number of carbonyl (C=O) groups is 2. The Balaban J connectivity index is 1.34. The summed E-state index contributed by atoms with van der Waals surface area (Å²) in [4.78, 5) is 26.2. The Morgan fingerprint density at radius 1 is 1.26 bits per heavy atom. The van der Waals surface area contributed by atoms with Crippen LogP contribution in [-0.2, 0) is 17.9 Å². The Morgan fingerprint density at radius 3 is 2.74 bits per heavy atom. The lowest BCUT2D eigenvalue weighted by atomic mass is 9.75. The molecule has 8 heteroatoms. The summed E-state index contributed by atoms with van der Waals surface area (Å²) in [5, 5.41) is 10.9. The van der Waals surface area contributed by atoms with Gasteiger partial charge in [0.05, 0.1) is 18.7 Å². The van der Waals surface area contributed by atoms with Gasteiger partial charge in [-0.3, -0.25) is 19.2 Å². The number of fused-ring (bicyclic) bond motifs is 3. The summed E-state index contributed by atoms with van der Waals surface area (Å²) in [6.45, 7) is 3.00.